The number of rotatable bonds is 5. The van der Waals surface area contributed by atoms with Crippen LogP contribution in [0, 0.1) is 0 Å². The topological polar surface area (TPSA) is 69.6 Å². The Morgan fingerprint density at radius 2 is 1.06 bits per heavy atom. The van der Waals surface area contributed by atoms with Gasteiger partial charge in [0.05, 0.1) is 11.0 Å². The van der Waals surface area contributed by atoms with E-state index in [-0.39, 0.29) is 0 Å². The molecular formula is C44H27N5O. The van der Waals surface area contributed by atoms with Crippen molar-refractivity contribution >= 4 is 43.9 Å². The molecule has 0 aliphatic rings. The minimum absolute atomic E-state index is 0.568. The molecule has 0 aliphatic heterocycles. The highest BCUT2D eigenvalue weighted by Crippen LogP contribution is 2.39. The molecular weight excluding hydrogens is 615 g/mol. The lowest BCUT2D eigenvalue weighted by Gasteiger charge is -2.09. The Balaban J connectivity index is 1.16. The highest BCUT2D eigenvalue weighted by atomic mass is 16.3. The fraction of sp³-hybridized carbons (Fsp3) is 0. The van der Waals surface area contributed by atoms with Crippen molar-refractivity contribution < 1.29 is 4.42 Å². The zero-order valence-electron chi connectivity index (χ0n) is 26.7. The first-order valence-corrected chi connectivity index (χ1v) is 16.6. The molecule has 4 heterocycles. The van der Waals surface area contributed by atoms with E-state index in [0.717, 1.165) is 55.4 Å². The summed E-state index contributed by atoms with van der Waals surface area (Å²) in [6.45, 7) is 0. The number of benzene rings is 6. The number of pyridine rings is 1. The lowest BCUT2D eigenvalue weighted by Crippen LogP contribution is -2.00. The average molecular weight is 642 g/mol. The fourth-order valence-corrected chi connectivity index (χ4v) is 6.99. The molecule has 50 heavy (non-hydrogen) atoms. The predicted molar refractivity (Wildman–Crippen MR) is 201 cm³/mol. The van der Waals surface area contributed by atoms with Crippen LogP contribution in [0.2, 0.25) is 0 Å². The van der Waals surface area contributed by atoms with E-state index in [1.54, 1.807) is 0 Å². The van der Waals surface area contributed by atoms with Crippen molar-refractivity contribution in [2.45, 2.75) is 0 Å². The van der Waals surface area contributed by atoms with Gasteiger partial charge in [0, 0.05) is 55.7 Å². The van der Waals surface area contributed by atoms with Gasteiger partial charge < -0.3 is 8.98 Å². The summed E-state index contributed by atoms with van der Waals surface area (Å²) in [7, 11) is 0. The van der Waals surface area contributed by atoms with Gasteiger partial charge in [-0.1, -0.05) is 115 Å². The summed E-state index contributed by atoms with van der Waals surface area (Å²) in [6, 6.07) is 54.0. The monoisotopic (exact) mass is 641 g/mol. The van der Waals surface area contributed by atoms with E-state index in [0.29, 0.717) is 23.2 Å². The summed E-state index contributed by atoms with van der Waals surface area (Å²) in [5.41, 5.74) is 9.54. The van der Waals surface area contributed by atoms with Crippen molar-refractivity contribution in [1.29, 1.82) is 0 Å². The first-order valence-electron chi connectivity index (χ1n) is 16.6. The van der Waals surface area contributed by atoms with E-state index in [1.807, 2.05) is 85.1 Å². The zero-order valence-corrected chi connectivity index (χ0v) is 26.7. The van der Waals surface area contributed by atoms with Gasteiger partial charge >= 0.3 is 0 Å². The normalized spacial score (nSPS) is 11.6. The molecule has 6 nitrogen and oxygen atoms in total. The van der Waals surface area contributed by atoms with Crippen LogP contribution in [-0.4, -0.2) is 24.5 Å². The number of hydrogen-bond acceptors (Lipinski definition) is 5. The van der Waals surface area contributed by atoms with E-state index in [9.17, 15) is 0 Å². The van der Waals surface area contributed by atoms with Crippen LogP contribution < -0.4 is 0 Å². The second-order valence-corrected chi connectivity index (χ2v) is 12.3. The summed E-state index contributed by atoms with van der Waals surface area (Å²) < 4.78 is 8.66. The van der Waals surface area contributed by atoms with Crippen molar-refractivity contribution in [2.75, 3.05) is 0 Å². The molecule has 0 N–H and O–H groups in total. The largest absolute Gasteiger partial charge is 0.438 e. The summed E-state index contributed by atoms with van der Waals surface area (Å²) >= 11 is 0. The molecule has 10 aromatic rings. The van der Waals surface area contributed by atoms with Gasteiger partial charge in [-0.25, -0.2) is 19.9 Å². The molecule has 6 aromatic carbocycles. The lowest BCUT2D eigenvalue weighted by atomic mass is 10.0. The van der Waals surface area contributed by atoms with E-state index in [4.69, 9.17) is 24.4 Å². The minimum Gasteiger partial charge on any atom is -0.438 e. The summed E-state index contributed by atoms with van der Waals surface area (Å²) in [5, 5.41) is 4.22. The molecule has 0 saturated heterocycles. The number of hydrogen-bond donors (Lipinski definition) is 0. The van der Waals surface area contributed by atoms with E-state index < -0.39 is 0 Å². The third-order valence-electron chi connectivity index (χ3n) is 9.31. The van der Waals surface area contributed by atoms with E-state index >= 15 is 0 Å². The Kier molecular flexibility index (Phi) is 6.39. The first-order chi connectivity index (χ1) is 24.8. The zero-order chi connectivity index (χ0) is 33.0. The van der Waals surface area contributed by atoms with Crippen LogP contribution in [0.5, 0.6) is 0 Å². The Labute approximate surface area is 287 Å². The molecule has 0 spiro atoms. The molecule has 0 aliphatic carbocycles. The molecule has 10 rings (SSSR count). The van der Waals surface area contributed by atoms with Crippen molar-refractivity contribution in [3.8, 4) is 51.0 Å². The predicted octanol–water partition coefficient (Wildman–Crippen LogP) is 10.9. The van der Waals surface area contributed by atoms with Crippen LogP contribution in [0.1, 0.15) is 0 Å². The summed E-state index contributed by atoms with van der Waals surface area (Å²) in [5.74, 6) is 1.80. The highest BCUT2D eigenvalue weighted by molar-refractivity contribution is 6.13. The Morgan fingerprint density at radius 3 is 1.80 bits per heavy atom. The van der Waals surface area contributed by atoms with Gasteiger partial charge in [0.2, 0.25) is 5.71 Å². The first kappa shape index (κ1) is 28.1. The van der Waals surface area contributed by atoms with E-state index in [2.05, 4.69) is 83.4 Å². The summed E-state index contributed by atoms with van der Waals surface area (Å²) in [6.07, 6.45) is 1.89. The van der Waals surface area contributed by atoms with Crippen LogP contribution >= 0.6 is 0 Å². The third-order valence-corrected chi connectivity index (χ3v) is 9.31. The number of para-hydroxylation sites is 2. The number of nitrogens with zero attached hydrogens (tertiary/aromatic N) is 5. The second-order valence-electron chi connectivity index (χ2n) is 12.3. The molecule has 0 saturated carbocycles. The Morgan fingerprint density at radius 1 is 0.440 bits per heavy atom. The molecule has 0 unspecified atom stereocenters. The van der Waals surface area contributed by atoms with Gasteiger partial charge in [0.15, 0.2) is 17.5 Å². The van der Waals surface area contributed by atoms with Gasteiger partial charge in [-0.3, -0.25) is 0 Å². The molecule has 0 bridgehead atoms. The maximum Gasteiger partial charge on any atom is 0.227 e. The van der Waals surface area contributed by atoms with Gasteiger partial charge in [-0.05, 0) is 48.0 Å². The standard InChI is InChI=1S/C44H27N5O/c1-4-13-28(14-5-1)41-46-42(29-15-6-2-7-16-29)48-43(47-41)34-20-12-22-39-40(34)36-26-31(27-45-44(36)50-39)30-23-24-38-35(25-30)33-19-10-11-21-37(33)49(38)32-17-8-3-9-18-32/h1-27H. The molecule has 4 aromatic heterocycles. The molecule has 0 fully saturated rings. The maximum atomic E-state index is 6.33. The third kappa shape index (κ3) is 4.58. The van der Waals surface area contributed by atoms with Crippen molar-refractivity contribution in [3.63, 3.8) is 0 Å². The van der Waals surface area contributed by atoms with Crippen LogP contribution in [0.4, 0.5) is 0 Å². The minimum atomic E-state index is 0.568. The van der Waals surface area contributed by atoms with Gasteiger partial charge in [-0.2, -0.15) is 0 Å². The molecule has 6 heteroatoms. The van der Waals surface area contributed by atoms with Crippen molar-refractivity contribution in [3.05, 3.63) is 164 Å². The second kappa shape index (κ2) is 11.4. The quantitative estimate of drug-likeness (QED) is 0.187. The van der Waals surface area contributed by atoms with Crippen molar-refractivity contribution in [2.24, 2.45) is 0 Å². The Hall–Kier alpha value is -6.92. The van der Waals surface area contributed by atoms with Gasteiger partial charge in [-0.15, -0.1) is 0 Å². The molecule has 0 atom stereocenters. The SMILES string of the molecule is c1ccc(-c2nc(-c3ccccc3)nc(-c3cccc4oc5ncc(-c6ccc7c(c6)c6ccccc6n7-c6ccccc6)cc5c34)n2)cc1. The van der Waals surface area contributed by atoms with Crippen LogP contribution in [0.3, 0.4) is 0 Å². The van der Waals surface area contributed by atoms with Crippen LogP contribution in [0.15, 0.2) is 168 Å². The van der Waals surface area contributed by atoms with E-state index in [1.165, 1.54) is 16.3 Å². The van der Waals surface area contributed by atoms with Crippen LogP contribution in [-0.2, 0) is 0 Å². The summed E-state index contributed by atoms with van der Waals surface area (Å²) in [4.78, 5) is 19.8. The van der Waals surface area contributed by atoms with Gasteiger partial charge in [0.25, 0.3) is 0 Å². The fourth-order valence-electron chi connectivity index (χ4n) is 6.99. The number of furan rings is 1. The average Bonchev–Trinajstić information content (AvgIpc) is 3.74. The molecule has 0 amide bonds. The number of fused-ring (bicyclic) bond motifs is 6. The number of aromatic nitrogens is 5. The molecule has 234 valence electrons. The Bertz CT molecular complexity index is 2800. The smallest absolute Gasteiger partial charge is 0.227 e. The van der Waals surface area contributed by atoms with Crippen molar-refractivity contribution in [1.82, 2.24) is 24.5 Å². The maximum absolute atomic E-state index is 6.33. The van der Waals surface area contributed by atoms with Crippen LogP contribution in [0.25, 0.3) is 94.9 Å². The highest BCUT2D eigenvalue weighted by Gasteiger charge is 2.19. The van der Waals surface area contributed by atoms with Gasteiger partial charge in [0.1, 0.15) is 5.58 Å². The lowest BCUT2D eigenvalue weighted by molar-refractivity contribution is 0.654. The molecule has 0 radical (unpaired) electrons.